The maximum absolute atomic E-state index is 5.21. The maximum Gasteiger partial charge on any atom is 0.161 e. The van der Waals surface area contributed by atoms with Crippen molar-refractivity contribution in [1.29, 1.82) is 0 Å². The van der Waals surface area contributed by atoms with Gasteiger partial charge in [0.15, 0.2) is 11.7 Å². The summed E-state index contributed by atoms with van der Waals surface area (Å²) in [6.07, 6.45) is 1.95. The fraction of sp³-hybridized carbons (Fsp3) is 0.114. The first kappa shape index (κ1) is 31.5. The highest BCUT2D eigenvalue weighted by Crippen LogP contribution is 2.45. The topological polar surface area (TPSA) is 62.3 Å². The zero-order valence-electron chi connectivity index (χ0n) is 27.7. The summed E-state index contributed by atoms with van der Waals surface area (Å²) in [7, 11) is 0. The fourth-order valence-corrected chi connectivity index (χ4v) is 6.51. The van der Waals surface area contributed by atoms with Crippen LogP contribution >= 0.6 is 0 Å². The summed E-state index contributed by atoms with van der Waals surface area (Å²) in [5.41, 5.74) is 11.7. The lowest BCUT2D eigenvalue weighted by molar-refractivity contribution is 0.690. The third-order valence-electron chi connectivity index (χ3n) is 9.14. The van der Waals surface area contributed by atoms with Crippen molar-refractivity contribution < 1.29 is 0 Å². The highest BCUT2D eigenvalue weighted by atomic mass is 15.0. The monoisotopic (exact) mass is 635 g/mol. The minimum Gasteiger partial charge on any atom is -0.261 e. The lowest BCUT2D eigenvalue weighted by atomic mass is 9.75. The molecule has 6 aromatic rings. The molecule has 5 nitrogen and oxygen atoms in total. The van der Waals surface area contributed by atoms with Gasteiger partial charge in [0, 0.05) is 28.8 Å². The van der Waals surface area contributed by atoms with Crippen LogP contribution in [0, 0.1) is 6.92 Å². The summed E-state index contributed by atoms with van der Waals surface area (Å²) in [5, 5.41) is 0. The van der Waals surface area contributed by atoms with E-state index in [4.69, 9.17) is 20.0 Å². The predicted octanol–water partition coefficient (Wildman–Crippen LogP) is 10.2. The minimum absolute atomic E-state index is 0.105. The van der Waals surface area contributed by atoms with Crippen LogP contribution in [0.4, 0.5) is 5.69 Å². The van der Waals surface area contributed by atoms with Crippen LogP contribution in [-0.2, 0) is 6.54 Å². The first-order chi connectivity index (χ1) is 24.1. The second-order valence-electron chi connectivity index (χ2n) is 12.3. The Balaban J connectivity index is 1.20. The first-order valence-electron chi connectivity index (χ1n) is 16.6. The summed E-state index contributed by atoms with van der Waals surface area (Å²) >= 11 is 0. The molecule has 0 bridgehead atoms. The van der Waals surface area contributed by atoms with Gasteiger partial charge in [-0.05, 0) is 59.5 Å². The van der Waals surface area contributed by atoms with E-state index in [2.05, 4.69) is 123 Å². The number of pyridine rings is 1. The van der Waals surface area contributed by atoms with Crippen molar-refractivity contribution in [2.45, 2.75) is 32.2 Å². The van der Waals surface area contributed by atoms with E-state index in [1.165, 1.54) is 16.7 Å². The smallest absolute Gasteiger partial charge is 0.161 e. The number of amidine groups is 2. The van der Waals surface area contributed by atoms with Gasteiger partial charge in [0.1, 0.15) is 0 Å². The van der Waals surface area contributed by atoms with E-state index in [-0.39, 0.29) is 11.8 Å². The molecule has 2 atom stereocenters. The molecule has 0 fully saturated rings. The van der Waals surface area contributed by atoms with Crippen molar-refractivity contribution in [3.05, 3.63) is 191 Å². The molecule has 238 valence electrons. The Hall–Kier alpha value is -6.07. The number of nitrogens with zero attached hydrogens (tertiary/aromatic N) is 5. The van der Waals surface area contributed by atoms with E-state index in [0.717, 1.165) is 44.9 Å². The molecule has 0 amide bonds. The minimum atomic E-state index is 0.105. The van der Waals surface area contributed by atoms with E-state index < -0.39 is 0 Å². The van der Waals surface area contributed by atoms with Crippen LogP contribution in [0.3, 0.4) is 0 Å². The fourth-order valence-electron chi connectivity index (χ4n) is 6.51. The van der Waals surface area contributed by atoms with Gasteiger partial charge in [0.2, 0.25) is 0 Å². The number of aromatic nitrogens is 1. The molecule has 2 unspecified atom stereocenters. The van der Waals surface area contributed by atoms with Crippen molar-refractivity contribution in [1.82, 2.24) is 4.98 Å². The number of hydrogen-bond donors (Lipinski definition) is 0. The number of fused-ring (bicyclic) bond motifs is 1. The SMILES string of the molecule is C=NC(=NC(=NCc1ccccc1)c1ccc(-c2ccc(C3=Nc4ccccc4C(C)C3c3ccccc3C)nc2)cc1)c1ccccc1. The summed E-state index contributed by atoms with van der Waals surface area (Å²) in [5.74, 6) is 1.50. The zero-order valence-corrected chi connectivity index (χ0v) is 27.7. The molecular formula is C44H37N5. The summed E-state index contributed by atoms with van der Waals surface area (Å²) in [4.78, 5) is 24.3. The lowest BCUT2D eigenvalue weighted by Gasteiger charge is -2.32. The van der Waals surface area contributed by atoms with Crippen LogP contribution in [-0.4, -0.2) is 29.1 Å². The normalized spacial score (nSPS) is 16.1. The summed E-state index contributed by atoms with van der Waals surface area (Å²) in [6, 6.07) is 49.7. The second-order valence-corrected chi connectivity index (χ2v) is 12.3. The van der Waals surface area contributed by atoms with Crippen LogP contribution in [0.1, 0.15) is 57.8 Å². The average Bonchev–Trinajstić information content (AvgIpc) is 3.16. The van der Waals surface area contributed by atoms with E-state index in [9.17, 15) is 0 Å². The summed E-state index contributed by atoms with van der Waals surface area (Å²) < 4.78 is 0. The molecule has 0 N–H and O–H groups in total. The highest BCUT2D eigenvalue weighted by Gasteiger charge is 2.33. The molecule has 0 spiro atoms. The Labute approximate surface area is 288 Å². The van der Waals surface area contributed by atoms with Crippen molar-refractivity contribution in [3.63, 3.8) is 0 Å². The highest BCUT2D eigenvalue weighted by molar-refractivity contribution is 6.12. The van der Waals surface area contributed by atoms with Gasteiger partial charge in [-0.15, -0.1) is 0 Å². The van der Waals surface area contributed by atoms with Gasteiger partial charge < -0.3 is 0 Å². The molecule has 7 rings (SSSR count). The van der Waals surface area contributed by atoms with Gasteiger partial charge in [0.05, 0.1) is 23.6 Å². The molecule has 2 heterocycles. The van der Waals surface area contributed by atoms with Crippen LogP contribution in [0.2, 0.25) is 0 Å². The molecule has 1 aliphatic rings. The number of hydrogen-bond acceptors (Lipinski definition) is 3. The number of benzene rings is 5. The van der Waals surface area contributed by atoms with E-state index in [1.54, 1.807) is 0 Å². The number of aliphatic imine (C=N–C) groups is 4. The Morgan fingerprint density at radius 1 is 0.653 bits per heavy atom. The van der Waals surface area contributed by atoms with Crippen molar-refractivity contribution >= 4 is 29.8 Å². The molecular weight excluding hydrogens is 599 g/mol. The Kier molecular flexibility index (Phi) is 9.24. The quantitative estimate of drug-likeness (QED) is 0.127. The molecule has 0 radical (unpaired) electrons. The largest absolute Gasteiger partial charge is 0.261 e. The number of rotatable bonds is 7. The van der Waals surface area contributed by atoms with E-state index >= 15 is 0 Å². The molecule has 0 saturated carbocycles. The van der Waals surface area contributed by atoms with Gasteiger partial charge in [-0.3, -0.25) is 15.0 Å². The number of para-hydroxylation sites is 1. The predicted molar refractivity (Wildman–Crippen MR) is 204 cm³/mol. The molecule has 5 heteroatoms. The second kappa shape index (κ2) is 14.4. The third kappa shape index (κ3) is 6.83. The van der Waals surface area contributed by atoms with Crippen molar-refractivity contribution in [2.75, 3.05) is 0 Å². The molecule has 49 heavy (non-hydrogen) atoms. The van der Waals surface area contributed by atoms with Crippen LogP contribution in [0.25, 0.3) is 11.1 Å². The molecule has 0 aliphatic carbocycles. The van der Waals surface area contributed by atoms with Crippen LogP contribution < -0.4 is 0 Å². The van der Waals surface area contributed by atoms with Crippen LogP contribution in [0.15, 0.2) is 172 Å². The average molecular weight is 636 g/mol. The van der Waals surface area contributed by atoms with Crippen molar-refractivity contribution in [3.8, 4) is 11.1 Å². The summed E-state index contributed by atoms with van der Waals surface area (Å²) in [6.45, 7) is 8.77. The Bertz CT molecular complexity index is 2160. The van der Waals surface area contributed by atoms with Gasteiger partial charge in [0.25, 0.3) is 0 Å². The van der Waals surface area contributed by atoms with Gasteiger partial charge in [-0.25, -0.2) is 9.98 Å². The molecule has 5 aromatic carbocycles. The Morgan fingerprint density at radius 3 is 1.98 bits per heavy atom. The molecule has 1 aliphatic heterocycles. The van der Waals surface area contributed by atoms with Crippen molar-refractivity contribution in [2.24, 2.45) is 20.0 Å². The van der Waals surface area contributed by atoms with E-state index in [1.807, 2.05) is 54.7 Å². The van der Waals surface area contributed by atoms with E-state index in [0.29, 0.717) is 18.2 Å². The Morgan fingerprint density at radius 2 is 1.29 bits per heavy atom. The van der Waals surface area contributed by atoms with Gasteiger partial charge in [-0.1, -0.05) is 140 Å². The molecule has 1 aromatic heterocycles. The standard InChI is InChI=1S/C44H37N5/c1-30-14-10-11-19-37(30)41-31(2)38-20-12-13-21-39(38)48-42(41)40-27-26-36(29-46-40)33-22-24-35(25-23-33)44(47-28-32-15-6-4-7-16-32)49-43(45-3)34-17-8-5-9-18-34/h4-27,29,31,41H,3,28H2,1-2H3. The zero-order chi connectivity index (χ0) is 33.6. The first-order valence-corrected chi connectivity index (χ1v) is 16.6. The lowest BCUT2D eigenvalue weighted by Crippen LogP contribution is -2.24. The molecule has 0 saturated heterocycles. The third-order valence-corrected chi connectivity index (χ3v) is 9.14. The maximum atomic E-state index is 5.21. The van der Waals surface area contributed by atoms with Gasteiger partial charge >= 0.3 is 0 Å². The van der Waals surface area contributed by atoms with Gasteiger partial charge in [-0.2, -0.15) is 0 Å². The van der Waals surface area contributed by atoms with Crippen LogP contribution in [0.5, 0.6) is 0 Å². The number of aryl methyl sites for hydroxylation is 1.